The highest BCUT2D eigenvalue weighted by atomic mass is 79.9. The molecule has 0 bridgehead atoms. The molecule has 0 unspecified atom stereocenters. The van der Waals surface area contributed by atoms with Crippen LogP contribution in [0.2, 0.25) is 0 Å². The van der Waals surface area contributed by atoms with Crippen LogP contribution in [0.25, 0.3) is 0 Å². The molecule has 0 saturated heterocycles. The molecule has 2 nitrogen and oxygen atoms in total. The third kappa shape index (κ3) is 3.33. The quantitative estimate of drug-likeness (QED) is 0.618. The predicted molar refractivity (Wildman–Crippen MR) is 75.7 cm³/mol. The first-order valence-electron chi connectivity index (χ1n) is 5.22. The van der Waals surface area contributed by atoms with E-state index in [1.54, 1.807) is 24.3 Å². The fourth-order valence-corrected chi connectivity index (χ4v) is 2.03. The second-order valence-electron chi connectivity index (χ2n) is 3.75. The lowest BCUT2D eigenvalue weighted by Crippen LogP contribution is -2.13. The lowest BCUT2D eigenvalue weighted by atomic mass is 10.2. The summed E-state index contributed by atoms with van der Waals surface area (Å²) in [6.07, 6.45) is 0. The first-order valence-corrected chi connectivity index (χ1v) is 6.46. The van der Waals surface area contributed by atoms with Gasteiger partial charge in [0.05, 0.1) is 10.2 Å². The first kappa shape index (κ1) is 14.0. The van der Waals surface area contributed by atoms with Crippen LogP contribution in [-0.2, 0) is 0 Å². The number of anilines is 1. The van der Waals surface area contributed by atoms with E-state index in [2.05, 4.69) is 33.9 Å². The number of rotatable bonds is 2. The lowest BCUT2D eigenvalue weighted by Gasteiger charge is -2.08. The van der Waals surface area contributed by atoms with Crippen LogP contribution < -0.4 is 5.32 Å². The van der Waals surface area contributed by atoms with E-state index < -0.39 is 17.5 Å². The van der Waals surface area contributed by atoms with Crippen molar-refractivity contribution in [1.29, 1.82) is 0 Å². The van der Waals surface area contributed by atoms with Gasteiger partial charge in [-0.25, -0.2) is 8.78 Å². The van der Waals surface area contributed by atoms with E-state index in [0.717, 1.165) is 0 Å². The van der Waals surface area contributed by atoms with Gasteiger partial charge in [-0.1, -0.05) is 6.07 Å². The fourth-order valence-electron chi connectivity index (χ4n) is 1.46. The molecule has 19 heavy (non-hydrogen) atoms. The van der Waals surface area contributed by atoms with Crippen molar-refractivity contribution in [2.75, 3.05) is 5.32 Å². The van der Waals surface area contributed by atoms with Gasteiger partial charge < -0.3 is 5.32 Å². The van der Waals surface area contributed by atoms with Crippen LogP contribution in [0, 0.1) is 11.6 Å². The Hall–Kier alpha value is -1.40. The van der Waals surface area contributed by atoms with E-state index >= 15 is 0 Å². The van der Waals surface area contributed by atoms with Gasteiger partial charge in [-0.3, -0.25) is 4.79 Å². The Bertz CT molecular complexity index is 649. The number of benzene rings is 2. The minimum Gasteiger partial charge on any atom is -0.319 e. The van der Waals surface area contributed by atoms with Gasteiger partial charge in [-0.15, -0.1) is 12.6 Å². The monoisotopic (exact) mass is 343 g/mol. The van der Waals surface area contributed by atoms with Crippen molar-refractivity contribution in [3.05, 3.63) is 58.1 Å². The van der Waals surface area contributed by atoms with E-state index in [-0.39, 0.29) is 10.2 Å². The Morgan fingerprint density at radius 1 is 1.16 bits per heavy atom. The SMILES string of the molecule is O=C(Nc1cc(Br)c(F)cc1F)c1cccc(S)c1. The summed E-state index contributed by atoms with van der Waals surface area (Å²) in [6, 6.07) is 8.38. The number of amides is 1. The van der Waals surface area contributed by atoms with Crippen molar-refractivity contribution in [1.82, 2.24) is 0 Å². The zero-order valence-corrected chi connectivity index (χ0v) is 11.9. The topological polar surface area (TPSA) is 29.1 Å². The van der Waals surface area contributed by atoms with Gasteiger partial charge in [0.1, 0.15) is 11.6 Å². The van der Waals surface area contributed by atoms with E-state index in [0.29, 0.717) is 16.5 Å². The Morgan fingerprint density at radius 2 is 1.89 bits per heavy atom. The zero-order valence-electron chi connectivity index (χ0n) is 9.45. The lowest BCUT2D eigenvalue weighted by molar-refractivity contribution is 0.102. The Labute approximate surface area is 122 Å². The van der Waals surface area contributed by atoms with Crippen molar-refractivity contribution >= 4 is 40.2 Å². The summed E-state index contributed by atoms with van der Waals surface area (Å²) >= 11 is 7.05. The molecule has 1 N–H and O–H groups in total. The summed E-state index contributed by atoms with van der Waals surface area (Å²) in [6.45, 7) is 0. The third-order valence-electron chi connectivity index (χ3n) is 2.37. The van der Waals surface area contributed by atoms with Gasteiger partial charge in [0.2, 0.25) is 0 Å². The molecule has 98 valence electrons. The highest BCUT2D eigenvalue weighted by molar-refractivity contribution is 9.10. The second-order valence-corrected chi connectivity index (χ2v) is 5.12. The fraction of sp³-hybridized carbons (Fsp3) is 0. The summed E-state index contributed by atoms with van der Waals surface area (Å²) < 4.78 is 26.6. The van der Waals surface area contributed by atoms with Gasteiger partial charge in [-0.2, -0.15) is 0 Å². The number of halogens is 3. The molecule has 0 saturated carbocycles. The molecule has 0 atom stereocenters. The maximum Gasteiger partial charge on any atom is 0.255 e. The third-order valence-corrected chi connectivity index (χ3v) is 3.25. The number of nitrogens with one attached hydrogen (secondary N) is 1. The molecule has 0 heterocycles. The van der Waals surface area contributed by atoms with Crippen LogP contribution >= 0.6 is 28.6 Å². The van der Waals surface area contributed by atoms with Crippen molar-refractivity contribution in [3.63, 3.8) is 0 Å². The van der Waals surface area contributed by atoms with Gasteiger partial charge >= 0.3 is 0 Å². The smallest absolute Gasteiger partial charge is 0.255 e. The van der Waals surface area contributed by atoms with Crippen LogP contribution in [0.1, 0.15) is 10.4 Å². The van der Waals surface area contributed by atoms with Crippen LogP contribution in [-0.4, -0.2) is 5.91 Å². The molecule has 2 aromatic rings. The minimum atomic E-state index is -0.837. The maximum absolute atomic E-state index is 13.5. The zero-order chi connectivity index (χ0) is 14.0. The van der Waals surface area contributed by atoms with Gasteiger partial charge in [0.25, 0.3) is 5.91 Å². The standard InChI is InChI=1S/C13H8BrF2NOS/c14-9-5-12(11(16)6-10(9)15)17-13(18)7-2-1-3-8(19)4-7/h1-6,19H,(H,17,18). The molecule has 0 radical (unpaired) electrons. The first-order chi connectivity index (χ1) is 8.97. The molecular formula is C13H8BrF2NOS. The van der Waals surface area contributed by atoms with Crippen molar-refractivity contribution < 1.29 is 13.6 Å². The molecule has 0 aliphatic carbocycles. The van der Waals surface area contributed by atoms with Crippen molar-refractivity contribution in [2.45, 2.75) is 4.90 Å². The van der Waals surface area contributed by atoms with E-state index in [1.807, 2.05) is 0 Å². The normalized spacial score (nSPS) is 10.3. The Kier molecular flexibility index (Phi) is 4.21. The van der Waals surface area contributed by atoms with Crippen LogP contribution in [0.15, 0.2) is 45.8 Å². The molecule has 1 amide bonds. The number of carbonyl (C=O) groups is 1. The molecule has 6 heteroatoms. The van der Waals surface area contributed by atoms with Crippen molar-refractivity contribution in [3.8, 4) is 0 Å². The largest absolute Gasteiger partial charge is 0.319 e. The minimum absolute atomic E-state index is 0.0761. The van der Waals surface area contributed by atoms with Crippen LogP contribution in [0.3, 0.4) is 0 Å². The molecule has 0 fully saturated rings. The second kappa shape index (κ2) is 5.71. The highest BCUT2D eigenvalue weighted by Crippen LogP contribution is 2.24. The summed E-state index contributed by atoms with van der Waals surface area (Å²) in [5.41, 5.74) is 0.246. The number of thiol groups is 1. The average molecular weight is 344 g/mol. The molecule has 2 rings (SSSR count). The molecule has 0 aromatic heterocycles. The average Bonchev–Trinajstić information content (AvgIpc) is 2.36. The van der Waals surface area contributed by atoms with E-state index in [4.69, 9.17) is 0 Å². The van der Waals surface area contributed by atoms with Crippen molar-refractivity contribution in [2.24, 2.45) is 0 Å². The highest BCUT2D eigenvalue weighted by Gasteiger charge is 2.12. The van der Waals surface area contributed by atoms with E-state index in [9.17, 15) is 13.6 Å². The summed E-state index contributed by atoms with van der Waals surface area (Å²) in [5.74, 6) is -2.06. The number of hydrogen-bond donors (Lipinski definition) is 2. The molecule has 0 aliphatic heterocycles. The number of carbonyl (C=O) groups excluding carboxylic acids is 1. The Balaban J connectivity index is 2.27. The summed E-state index contributed by atoms with van der Waals surface area (Å²) in [5, 5.41) is 2.38. The van der Waals surface area contributed by atoms with Gasteiger partial charge in [0, 0.05) is 16.5 Å². The maximum atomic E-state index is 13.5. The van der Waals surface area contributed by atoms with Crippen LogP contribution in [0.4, 0.5) is 14.5 Å². The van der Waals surface area contributed by atoms with Gasteiger partial charge in [0.15, 0.2) is 0 Å². The van der Waals surface area contributed by atoms with Crippen LogP contribution in [0.5, 0.6) is 0 Å². The van der Waals surface area contributed by atoms with E-state index in [1.165, 1.54) is 6.07 Å². The molecule has 0 spiro atoms. The molecule has 2 aromatic carbocycles. The summed E-state index contributed by atoms with van der Waals surface area (Å²) in [4.78, 5) is 12.5. The van der Waals surface area contributed by atoms with Gasteiger partial charge in [-0.05, 0) is 40.2 Å². The molecular weight excluding hydrogens is 336 g/mol. The number of hydrogen-bond acceptors (Lipinski definition) is 2. The predicted octanol–water partition coefficient (Wildman–Crippen LogP) is 4.27. The Morgan fingerprint density at radius 3 is 2.58 bits per heavy atom. The summed E-state index contributed by atoms with van der Waals surface area (Å²) in [7, 11) is 0. The molecule has 0 aliphatic rings.